The third-order valence-electron chi connectivity index (χ3n) is 7.37. The van der Waals surface area contributed by atoms with Crippen LogP contribution >= 0.6 is 0 Å². The lowest BCUT2D eigenvalue weighted by atomic mass is 9.76. The van der Waals surface area contributed by atoms with Gasteiger partial charge in [-0.3, -0.25) is 0 Å². The van der Waals surface area contributed by atoms with Crippen molar-refractivity contribution in [1.29, 1.82) is 0 Å². The maximum Gasteiger partial charge on any atom is 0.315 e. The topological polar surface area (TPSA) is 94.1 Å². The van der Waals surface area contributed by atoms with Gasteiger partial charge >= 0.3 is 6.03 Å². The molecule has 0 bridgehead atoms. The van der Waals surface area contributed by atoms with Crippen LogP contribution in [0.3, 0.4) is 0 Å². The van der Waals surface area contributed by atoms with E-state index in [-0.39, 0.29) is 24.8 Å². The molecule has 0 aromatic carbocycles. The van der Waals surface area contributed by atoms with Crippen molar-refractivity contribution < 1.29 is 19.7 Å². The van der Waals surface area contributed by atoms with Crippen LogP contribution < -0.4 is 10.6 Å². The Labute approximate surface area is 188 Å². The van der Waals surface area contributed by atoms with Gasteiger partial charge < -0.3 is 30.5 Å². The summed E-state index contributed by atoms with van der Waals surface area (Å²) in [6.45, 7) is 10.3. The van der Waals surface area contributed by atoms with Gasteiger partial charge in [-0.2, -0.15) is 0 Å². The van der Waals surface area contributed by atoms with Crippen molar-refractivity contribution in [2.75, 3.05) is 32.8 Å². The average molecular weight is 440 g/mol. The van der Waals surface area contributed by atoms with Crippen molar-refractivity contribution in [3.8, 4) is 0 Å². The maximum atomic E-state index is 12.4. The molecule has 3 rings (SSSR count). The highest BCUT2D eigenvalue weighted by Crippen LogP contribution is 2.36. The molecule has 0 aromatic rings. The first-order valence-corrected chi connectivity index (χ1v) is 12.5. The van der Waals surface area contributed by atoms with E-state index < -0.39 is 12.2 Å². The number of aliphatic hydroxyl groups is 2. The van der Waals surface area contributed by atoms with Crippen molar-refractivity contribution >= 4 is 6.03 Å². The molecule has 7 nitrogen and oxygen atoms in total. The molecule has 1 saturated heterocycles. The van der Waals surface area contributed by atoms with E-state index in [2.05, 4.69) is 36.3 Å². The standard InChI is InChI=1S/C24H45N3O4/c1-24(2,3)18-6-4-7-19(11-10-18)26-23(30)25-12-5-13-27(14-17-8-9-17)15-21-22(29)20(28)16-31-21/h17-22,28-29H,4-16H2,1-3H3,(H2,25,26,30). The van der Waals surface area contributed by atoms with E-state index >= 15 is 0 Å². The van der Waals surface area contributed by atoms with Crippen LogP contribution in [0.1, 0.15) is 72.1 Å². The molecule has 1 heterocycles. The summed E-state index contributed by atoms with van der Waals surface area (Å²) in [5.74, 6) is 1.48. The van der Waals surface area contributed by atoms with Crippen molar-refractivity contribution in [1.82, 2.24) is 15.5 Å². The molecule has 3 fully saturated rings. The van der Waals surface area contributed by atoms with Crippen molar-refractivity contribution in [3.63, 3.8) is 0 Å². The fourth-order valence-corrected chi connectivity index (χ4v) is 5.06. The van der Waals surface area contributed by atoms with E-state index in [0.29, 0.717) is 18.5 Å². The molecule has 2 saturated carbocycles. The maximum absolute atomic E-state index is 12.4. The predicted molar refractivity (Wildman–Crippen MR) is 122 cm³/mol. The summed E-state index contributed by atoms with van der Waals surface area (Å²) in [4.78, 5) is 14.7. The van der Waals surface area contributed by atoms with E-state index in [9.17, 15) is 15.0 Å². The van der Waals surface area contributed by atoms with Crippen LogP contribution in [0.5, 0.6) is 0 Å². The first kappa shape index (κ1) is 24.7. The normalized spacial score (nSPS) is 32.1. The summed E-state index contributed by atoms with van der Waals surface area (Å²) in [7, 11) is 0. The van der Waals surface area contributed by atoms with E-state index in [1.165, 1.54) is 32.1 Å². The van der Waals surface area contributed by atoms with Crippen molar-refractivity contribution in [2.45, 2.75) is 96.5 Å². The second-order valence-electron chi connectivity index (χ2n) is 11.2. The molecule has 31 heavy (non-hydrogen) atoms. The molecule has 180 valence electrons. The van der Waals surface area contributed by atoms with Crippen LogP contribution in [-0.4, -0.2) is 78.3 Å². The van der Waals surface area contributed by atoms with Gasteiger partial charge in [-0.15, -0.1) is 0 Å². The molecule has 2 amide bonds. The molecule has 1 aliphatic heterocycles. The van der Waals surface area contributed by atoms with Crippen LogP contribution in [0.25, 0.3) is 0 Å². The van der Waals surface area contributed by atoms with Gasteiger partial charge in [-0.05, 0) is 68.7 Å². The third kappa shape index (κ3) is 8.19. The highest BCUT2D eigenvalue weighted by Gasteiger charge is 2.36. The number of amides is 2. The van der Waals surface area contributed by atoms with Crippen LogP contribution in [0, 0.1) is 17.3 Å². The van der Waals surface area contributed by atoms with Crippen molar-refractivity contribution in [3.05, 3.63) is 0 Å². The lowest BCUT2D eigenvalue weighted by Gasteiger charge is -2.29. The Hall–Kier alpha value is -0.890. The number of nitrogens with one attached hydrogen (secondary N) is 2. The number of rotatable bonds is 9. The fraction of sp³-hybridized carbons (Fsp3) is 0.958. The highest BCUT2D eigenvalue weighted by atomic mass is 16.5. The van der Waals surface area contributed by atoms with Gasteiger partial charge in [-0.1, -0.05) is 27.2 Å². The quantitative estimate of drug-likeness (QED) is 0.327. The number of hydrogen-bond acceptors (Lipinski definition) is 5. The third-order valence-corrected chi connectivity index (χ3v) is 7.37. The number of urea groups is 1. The number of carbonyl (C=O) groups excluding carboxylic acids is 1. The zero-order valence-electron chi connectivity index (χ0n) is 19.8. The van der Waals surface area contributed by atoms with E-state index in [0.717, 1.165) is 44.2 Å². The zero-order valence-corrected chi connectivity index (χ0v) is 19.8. The molecule has 3 aliphatic rings. The molecular formula is C24H45N3O4. The smallest absolute Gasteiger partial charge is 0.315 e. The van der Waals surface area contributed by atoms with Crippen molar-refractivity contribution in [2.24, 2.45) is 17.3 Å². The number of ether oxygens (including phenoxy) is 1. The Morgan fingerprint density at radius 1 is 1.06 bits per heavy atom. The Kier molecular flexibility index (Phi) is 9.02. The largest absolute Gasteiger partial charge is 0.388 e. The van der Waals surface area contributed by atoms with Crippen LogP contribution in [0.15, 0.2) is 0 Å². The number of aliphatic hydroxyl groups excluding tert-OH is 2. The van der Waals surface area contributed by atoms with E-state index in [1.807, 2.05) is 0 Å². The first-order chi connectivity index (χ1) is 14.7. The summed E-state index contributed by atoms with van der Waals surface area (Å²) in [6.07, 6.45) is 7.28. The van der Waals surface area contributed by atoms with E-state index in [1.54, 1.807) is 0 Å². The molecule has 0 aromatic heterocycles. The Morgan fingerprint density at radius 3 is 2.48 bits per heavy atom. The summed E-state index contributed by atoms with van der Waals surface area (Å²) >= 11 is 0. The molecule has 0 radical (unpaired) electrons. The number of hydrogen-bond donors (Lipinski definition) is 4. The molecule has 4 N–H and O–H groups in total. The monoisotopic (exact) mass is 439 g/mol. The van der Waals surface area contributed by atoms with Gasteiger partial charge in [0, 0.05) is 25.7 Å². The van der Waals surface area contributed by atoms with Gasteiger partial charge in [0.2, 0.25) is 0 Å². The molecule has 7 heteroatoms. The Morgan fingerprint density at radius 2 is 1.84 bits per heavy atom. The number of nitrogens with zero attached hydrogens (tertiary/aromatic N) is 1. The number of carbonyl (C=O) groups is 1. The van der Waals surface area contributed by atoms with Gasteiger partial charge in [0.15, 0.2) is 0 Å². The lowest BCUT2D eigenvalue weighted by molar-refractivity contribution is 0.00375. The summed E-state index contributed by atoms with van der Waals surface area (Å²) < 4.78 is 5.56. The van der Waals surface area contributed by atoms with Gasteiger partial charge in [0.05, 0.1) is 12.7 Å². The molecule has 5 atom stereocenters. The molecule has 2 aliphatic carbocycles. The van der Waals surface area contributed by atoms with Gasteiger partial charge in [0.1, 0.15) is 12.2 Å². The van der Waals surface area contributed by atoms with E-state index in [4.69, 9.17) is 4.74 Å². The minimum absolute atomic E-state index is 0.0503. The van der Waals surface area contributed by atoms with Crippen LogP contribution in [0.4, 0.5) is 4.79 Å². The summed E-state index contributed by atoms with van der Waals surface area (Å²) in [5.41, 5.74) is 0.348. The SMILES string of the molecule is CC(C)(C)C1CCCC(NC(=O)NCCCN(CC2CC2)CC2OCC(O)C2O)CC1. The minimum atomic E-state index is -0.803. The lowest BCUT2D eigenvalue weighted by Crippen LogP contribution is -2.44. The van der Waals surface area contributed by atoms with Crippen LogP contribution in [0.2, 0.25) is 0 Å². The predicted octanol–water partition coefficient (Wildman–Crippen LogP) is 2.50. The molecule has 5 unspecified atom stereocenters. The Bertz CT molecular complexity index is 564. The first-order valence-electron chi connectivity index (χ1n) is 12.5. The average Bonchev–Trinajstić information content (AvgIpc) is 3.49. The zero-order chi connectivity index (χ0) is 22.4. The highest BCUT2D eigenvalue weighted by molar-refractivity contribution is 5.74. The second kappa shape index (κ2) is 11.3. The summed E-state index contributed by atoms with van der Waals surface area (Å²) in [6, 6.07) is 0.233. The fourth-order valence-electron chi connectivity index (χ4n) is 5.06. The van der Waals surface area contributed by atoms with Gasteiger partial charge in [0.25, 0.3) is 0 Å². The second-order valence-corrected chi connectivity index (χ2v) is 11.2. The molecule has 0 spiro atoms. The minimum Gasteiger partial charge on any atom is -0.388 e. The Balaban J connectivity index is 1.33. The van der Waals surface area contributed by atoms with Gasteiger partial charge in [-0.25, -0.2) is 4.79 Å². The molecular weight excluding hydrogens is 394 g/mol. The van der Waals surface area contributed by atoms with Crippen LogP contribution in [-0.2, 0) is 4.74 Å². The summed E-state index contributed by atoms with van der Waals surface area (Å²) in [5, 5.41) is 26.0.